The third kappa shape index (κ3) is 2.77. The van der Waals surface area contributed by atoms with Gasteiger partial charge in [-0.25, -0.2) is 4.98 Å². The van der Waals surface area contributed by atoms with Crippen molar-refractivity contribution in [2.45, 2.75) is 6.92 Å². The van der Waals surface area contributed by atoms with Crippen LogP contribution in [-0.4, -0.2) is 20.4 Å². The number of aromatic nitrogens is 3. The molecule has 0 aliphatic heterocycles. The van der Waals surface area contributed by atoms with Gasteiger partial charge in [0, 0.05) is 30.1 Å². The highest BCUT2D eigenvalue weighted by atomic mass is 16.1. The number of anilines is 1. The van der Waals surface area contributed by atoms with Crippen molar-refractivity contribution in [3.8, 4) is 16.8 Å². The van der Waals surface area contributed by atoms with Gasteiger partial charge in [0.1, 0.15) is 0 Å². The molecule has 0 radical (unpaired) electrons. The smallest absolute Gasteiger partial charge is 0.260 e. The lowest BCUT2D eigenvalue weighted by atomic mass is 10.1. The number of aromatic amines is 1. The molecule has 2 aromatic heterocycles. The molecule has 2 heterocycles. The SMILES string of the molecule is CC(=O)Nc1ccc(-n2cc(-c3ccccc3)c3c(=O)[nH]cnc32)cc1. The summed E-state index contributed by atoms with van der Waals surface area (Å²) in [4.78, 5) is 30.6. The molecule has 2 aromatic carbocycles. The number of benzene rings is 2. The summed E-state index contributed by atoms with van der Waals surface area (Å²) < 4.78 is 1.88. The van der Waals surface area contributed by atoms with Gasteiger partial charge in [-0.1, -0.05) is 30.3 Å². The molecule has 0 aliphatic carbocycles. The van der Waals surface area contributed by atoms with Gasteiger partial charge in [-0.05, 0) is 29.8 Å². The van der Waals surface area contributed by atoms with Crippen LogP contribution in [0.25, 0.3) is 27.8 Å². The number of amides is 1. The van der Waals surface area contributed by atoms with Crippen LogP contribution in [0, 0.1) is 0 Å². The number of nitrogens with zero attached hydrogens (tertiary/aromatic N) is 2. The fourth-order valence-corrected chi connectivity index (χ4v) is 3.01. The van der Waals surface area contributed by atoms with Gasteiger partial charge < -0.3 is 14.9 Å². The van der Waals surface area contributed by atoms with Crippen molar-refractivity contribution in [1.29, 1.82) is 0 Å². The van der Waals surface area contributed by atoms with Crippen LogP contribution < -0.4 is 10.9 Å². The molecule has 6 nitrogen and oxygen atoms in total. The van der Waals surface area contributed by atoms with Crippen LogP contribution in [0.5, 0.6) is 0 Å². The van der Waals surface area contributed by atoms with Gasteiger partial charge in [-0.15, -0.1) is 0 Å². The standard InChI is InChI=1S/C20H16N4O2/c1-13(25)23-15-7-9-16(10-8-15)24-11-17(14-5-3-2-4-6-14)18-19(24)21-12-22-20(18)26/h2-12H,1H3,(H,23,25)(H,21,22,26). The quantitative estimate of drug-likeness (QED) is 0.598. The normalized spacial score (nSPS) is 10.8. The number of hydrogen-bond acceptors (Lipinski definition) is 3. The average Bonchev–Trinajstić information content (AvgIpc) is 3.04. The van der Waals surface area contributed by atoms with E-state index in [-0.39, 0.29) is 11.5 Å². The molecule has 6 heteroatoms. The number of H-pyrrole nitrogens is 1. The predicted molar refractivity (Wildman–Crippen MR) is 101 cm³/mol. The Balaban J connectivity index is 1.90. The summed E-state index contributed by atoms with van der Waals surface area (Å²) >= 11 is 0. The van der Waals surface area contributed by atoms with Crippen molar-refractivity contribution in [2.75, 3.05) is 5.32 Å². The predicted octanol–water partition coefficient (Wildman–Crippen LogP) is 3.34. The third-order valence-electron chi connectivity index (χ3n) is 4.14. The Morgan fingerprint density at radius 3 is 2.50 bits per heavy atom. The van der Waals surface area contributed by atoms with E-state index in [0.29, 0.717) is 16.7 Å². The molecule has 1 amide bonds. The lowest BCUT2D eigenvalue weighted by Gasteiger charge is -2.06. The molecule has 0 aliphatic rings. The second kappa shape index (κ2) is 6.33. The first-order valence-corrected chi connectivity index (χ1v) is 8.15. The van der Waals surface area contributed by atoms with Gasteiger partial charge in [-0.3, -0.25) is 9.59 Å². The molecular weight excluding hydrogens is 328 g/mol. The van der Waals surface area contributed by atoms with E-state index in [1.165, 1.54) is 13.3 Å². The molecule has 0 atom stereocenters. The van der Waals surface area contributed by atoms with Crippen LogP contribution in [0.1, 0.15) is 6.92 Å². The fraction of sp³-hybridized carbons (Fsp3) is 0.0500. The van der Waals surface area contributed by atoms with Crippen LogP contribution in [-0.2, 0) is 4.79 Å². The van der Waals surface area contributed by atoms with Gasteiger partial charge in [0.25, 0.3) is 5.56 Å². The second-order valence-corrected chi connectivity index (χ2v) is 5.94. The number of rotatable bonds is 3. The van der Waals surface area contributed by atoms with Crippen molar-refractivity contribution in [3.63, 3.8) is 0 Å². The zero-order valence-corrected chi connectivity index (χ0v) is 14.1. The van der Waals surface area contributed by atoms with Gasteiger partial charge in [0.15, 0.2) is 5.65 Å². The van der Waals surface area contributed by atoms with Crippen LogP contribution in [0.2, 0.25) is 0 Å². The Hall–Kier alpha value is -3.67. The number of nitrogens with one attached hydrogen (secondary N) is 2. The van der Waals surface area contributed by atoms with Crippen LogP contribution in [0.15, 0.2) is 71.9 Å². The summed E-state index contributed by atoms with van der Waals surface area (Å²) in [5.74, 6) is -0.122. The van der Waals surface area contributed by atoms with Crippen molar-refractivity contribution in [3.05, 3.63) is 77.5 Å². The fourth-order valence-electron chi connectivity index (χ4n) is 3.01. The van der Waals surface area contributed by atoms with E-state index in [2.05, 4.69) is 15.3 Å². The number of carbonyl (C=O) groups is 1. The molecule has 4 rings (SSSR count). The molecule has 2 N–H and O–H groups in total. The molecule has 0 spiro atoms. The Kier molecular flexibility index (Phi) is 3.85. The zero-order chi connectivity index (χ0) is 18.1. The molecule has 0 unspecified atom stereocenters. The van der Waals surface area contributed by atoms with E-state index in [1.807, 2.05) is 65.4 Å². The van der Waals surface area contributed by atoms with Crippen LogP contribution >= 0.6 is 0 Å². The van der Waals surface area contributed by atoms with Crippen molar-refractivity contribution < 1.29 is 4.79 Å². The van der Waals surface area contributed by atoms with Gasteiger partial charge in [0.05, 0.1) is 11.7 Å². The number of carbonyl (C=O) groups excluding carboxylic acids is 1. The highest BCUT2D eigenvalue weighted by molar-refractivity contribution is 5.94. The van der Waals surface area contributed by atoms with E-state index >= 15 is 0 Å². The first kappa shape index (κ1) is 15.8. The molecule has 4 aromatic rings. The Labute approximate surface area is 149 Å². The van der Waals surface area contributed by atoms with Crippen molar-refractivity contribution in [1.82, 2.24) is 14.5 Å². The van der Waals surface area contributed by atoms with Gasteiger partial charge >= 0.3 is 0 Å². The first-order valence-electron chi connectivity index (χ1n) is 8.15. The molecule has 0 saturated heterocycles. The summed E-state index contributed by atoms with van der Waals surface area (Å²) in [6.45, 7) is 1.47. The number of hydrogen-bond donors (Lipinski definition) is 2. The topological polar surface area (TPSA) is 79.8 Å². The molecule has 128 valence electrons. The summed E-state index contributed by atoms with van der Waals surface area (Å²) in [7, 11) is 0. The maximum atomic E-state index is 12.4. The monoisotopic (exact) mass is 344 g/mol. The van der Waals surface area contributed by atoms with E-state index in [1.54, 1.807) is 0 Å². The Bertz CT molecular complexity index is 1140. The summed E-state index contributed by atoms with van der Waals surface area (Å²) in [6, 6.07) is 17.1. The van der Waals surface area contributed by atoms with E-state index in [0.717, 1.165) is 16.8 Å². The van der Waals surface area contributed by atoms with E-state index in [9.17, 15) is 9.59 Å². The van der Waals surface area contributed by atoms with Crippen LogP contribution in [0.3, 0.4) is 0 Å². The first-order chi connectivity index (χ1) is 12.6. The average molecular weight is 344 g/mol. The summed E-state index contributed by atoms with van der Waals surface area (Å²) in [6.07, 6.45) is 3.32. The van der Waals surface area contributed by atoms with Crippen LogP contribution in [0.4, 0.5) is 5.69 Å². The van der Waals surface area contributed by atoms with Crippen molar-refractivity contribution in [2.24, 2.45) is 0 Å². The Morgan fingerprint density at radius 2 is 1.81 bits per heavy atom. The maximum Gasteiger partial charge on any atom is 0.260 e. The maximum absolute atomic E-state index is 12.4. The minimum atomic E-state index is -0.178. The highest BCUT2D eigenvalue weighted by Gasteiger charge is 2.15. The molecular formula is C20H16N4O2. The largest absolute Gasteiger partial charge is 0.326 e. The molecule has 26 heavy (non-hydrogen) atoms. The molecule has 0 fully saturated rings. The second-order valence-electron chi connectivity index (χ2n) is 5.94. The third-order valence-corrected chi connectivity index (χ3v) is 4.14. The van der Waals surface area contributed by atoms with E-state index < -0.39 is 0 Å². The molecule has 0 saturated carbocycles. The highest BCUT2D eigenvalue weighted by Crippen LogP contribution is 2.29. The van der Waals surface area contributed by atoms with Gasteiger partial charge in [-0.2, -0.15) is 0 Å². The number of fused-ring (bicyclic) bond motifs is 1. The lowest BCUT2D eigenvalue weighted by Crippen LogP contribution is -2.07. The summed E-state index contributed by atoms with van der Waals surface area (Å²) in [5.41, 5.74) is 3.74. The minimum absolute atomic E-state index is 0.122. The Morgan fingerprint density at radius 1 is 1.08 bits per heavy atom. The van der Waals surface area contributed by atoms with Crippen molar-refractivity contribution >= 4 is 22.6 Å². The summed E-state index contributed by atoms with van der Waals surface area (Å²) in [5, 5.41) is 3.29. The lowest BCUT2D eigenvalue weighted by molar-refractivity contribution is -0.114. The molecule has 0 bridgehead atoms. The zero-order valence-electron chi connectivity index (χ0n) is 14.1. The van der Waals surface area contributed by atoms with E-state index in [4.69, 9.17) is 0 Å². The minimum Gasteiger partial charge on any atom is -0.326 e. The van der Waals surface area contributed by atoms with Gasteiger partial charge in [0.2, 0.25) is 5.91 Å².